The van der Waals surface area contributed by atoms with Gasteiger partial charge in [-0.25, -0.2) is 12.8 Å². The van der Waals surface area contributed by atoms with Gasteiger partial charge in [-0.05, 0) is 37.0 Å². The van der Waals surface area contributed by atoms with Gasteiger partial charge in [-0.2, -0.15) is 0 Å². The highest BCUT2D eigenvalue weighted by molar-refractivity contribution is 7.92. The van der Waals surface area contributed by atoms with E-state index in [1.165, 1.54) is 6.07 Å². The molecule has 3 nitrogen and oxygen atoms in total. The molecule has 100 valence electrons. The number of aryl methyl sites for hydroxylation is 1. The van der Waals surface area contributed by atoms with Crippen LogP contribution in [0.3, 0.4) is 0 Å². The zero-order valence-corrected chi connectivity index (χ0v) is 11.2. The summed E-state index contributed by atoms with van der Waals surface area (Å²) in [5.41, 5.74) is 7.26. The fourth-order valence-electron chi connectivity index (χ4n) is 2.47. The van der Waals surface area contributed by atoms with E-state index in [9.17, 15) is 12.8 Å². The molecule has 2 atom stereocenters. The van der Waals surface area contributed by atoms with Gasteiger partial charge in [-0.15, -0.1) is 0 Å². The lowest BCUT2D eigenvalue weighted by molar-refractivity contribution is 0.504. The lowest BCUT2D eigenvalue weighted by atomic mass is 9.99. The Morgan fingerprint density at radius 2 is 2.11 bits per heavy atom. The fourth-order valence-corrected chi connectivity index (χ4v) is 4.51. The number of hydrogen-bond acceptors (Lipinski definition) is 3. The van der Waals surface area contributed by atoms with E-state index in [-0.39, 0.29) is 11.6 Å². The highest BCUT2D eigenvalue weighted by Gasteiger charge is 2.34. The number of halogens is 1. The third-order valence-electron chi connectivity index (χ3n) is 3.60. The van der Waals surface area contributed by atoms with Crippen molar-refractivity contribution in [3.8, 4) is 0 Å². The average molecular weight is 271 g/mol. The van der Waals surface area contributed by atoms with Crippen molar-refractivity contribution in [3.63, 3.8) is 0 Å². The minimum atomic E-state index is -3.11. The van der Waals surface area contributed by atoms with Gasteiger partial charge in [0.2, 0.25) is 0 Å². The van der Waals surface area contributed by atoms with E-state index < -0.39 is 21.1 Å². The minimum absolute atomic E-state index is 0.214. The van der Waals surface area contributed by atoms with Crippen molar-refractivity contribution in [2.45, 2.75) is 37.5 Å². The van der Waals surface area contributed by atoms with Gasteiger partial charge in [0.15, 0.2) is 9.84 Å². The second-order valence-electron chi connectivity index (χ2n) is 4.94. The van der Waals surface area contributed by atoms with Gasteiger partial charge in [-0.3, -0.25) is 0 Å². The van der Waals surface area contributed by atoms with E-state index in [0.717, 1.165) is 6.42 Å². The van der Waals surface area contributed by atoms with Gasteiger partial charge in [0.25, 0.3) is 0 Å². The van der Waals surface area contributed by atoms with E-state index in [1.54, 1.807) is 19.1 Å². The smallest absolute Gasteiger partial charge is 0.155 e. The fraction of sp³-hybridized carbons (Fsp3) is 0.538. The Hall–Kier alpha value is -0.940. The number of hydrogen-bond donors (Lipinski definition) is 1. The summed E-state index contributed by atoms with van der Waals surface area (Å²) >= 11 is 0. The molecule has 0 aromatic heterocycles. The first-order valence-corrected chi connectivity index (χ1v) is 7.86. The maximum atomic E-state index is 13.2. The van der Waals surface area contributed by atoms with Gasteiger partial charge >= 0.3 is 0 Å². The number of sulfone groups is 1. The molecule has 0 radical (unpaired) electrons. The van der Waals surface area contributed by atoms with Crippen molar-refractivity contribution in [2.24, 2.45) is 5.73 Å². The van der Waals surface area contributed by atoms with Crippen molar-refractivity contribution >= 4 is 9.84 Å². The van der Waals surface area contributed by atoms with Crippen LogP contribution in [0.5, 0.6) is 0 Å². The van der Waals surface area contributed by atoms with Gasteiger partial charge < -0.3 is 5.73 Å². The zero-order valence-electron chi connectivity index (χ0n) is 10.4. The van der Waals surface area contributed by atoms with Crippen molar-refractivity contribution < 1.29 is 12.8 Å². The molecule has 0 spiro atoms. The lowest BCUT2D eigenvalue weighted by Crippen LogP contribution is -2.37. The van der Waals surface area contributed by atoms with Gasteiger partial charge in [0.1, 0.15) is 5.82 Å². The molecule has 2 unspecified atom stereocenters. The first-order chi connectivity index (χ1) is 8.42. The lowest BCUT2D eigenvalue weighted by Gasteiger charge is -2.28. The Bertz CT molecular complexity index is 542. The molecular formula is C13H18FNO2S. The van der Waals surface area contributed by atoms with Crippen molar-refractivity contribution in [2.75, 3.05) is 5.75 Å². The van der Waals surface area contributed by atoms with Crippen LogP contribution in [0.15, 0.2) is 18.2 Å². The molecule has 0 aliphatic carbocycles. The summed E-state index contributed by atoms with van der Waals surface area (Å²) in [6.07, 6.45) is 2.20. The Labute approximate surface area is 107 Å². The monoisotopic (exact) mass is 271 g/mol. The molecule has 1 aromatic carbocycles. The number of benzene rings is 1. The molecule has 2 rings (SSSR count). The van der Waals surface area contributed by atoms with E-state index >= 15 is 0 Å². The van der Waals surface area contributed by atoms with Crippen LogP contribution in [0.25, 0.3) is 0 Å². The molecule has 1 fully saturated rings. The van der Waals surface area contributed by atoms with Crippen LogP contribution >= 0.6 is 0 Å². The standard InChI is InChI=1S/C13H18FNO2S/c1-9-8-10(5-6-11(9)14)13(15)12-4-2-3-7-18(12,16)17/h5-6,8,12-13H,2-4,7,15H2,1H3. The van der Waals surface area contributed by atoms with E-state index in [4.69, 9.17) is 5.73 Å². The topological polar surface area (TPSA) is 60.2 Å². The predicted molar refractivity (Wildman–Crippen MR) is 69.5 cm³/mol. The van der Waals surface area contributed by atoms with Crippen molar-refractivity contribution in [1.29, 1.82) is 0 Å². The Kier molecular flexibility index (Phi) is 3.73. The Morgan fingerprint density at radius 3 is 2.72 bits per heavy atom. The first kappa shape index (κ1) is 13.5. The predicted octanol–water partition coefficient (Wildman–Crippen LogP) is 2.10. The molecule has 1 aliphatic heterocycles. The molecule has 0 bridgehead atoms. The third kappa shape index (κ3) is 2.57. The van der Waals surface area contributed by atoms with Crippen molar-refractivity contribution in [3.05, 3.63) is 35.1 Å². The molecule has 5 heteroatoms. The normalized spacial score (nSPS) is 24.7. The Morgan fingerprint density at radius 1 is 1.39 bits per heavy atom. The molecule has 18 heavy (non-hydrogen) atoms. The second kappa shape index (κ2) is 4.97. The van der Waals surface area contributed by atoms with Gasteiger partial charge in [-0.1, -0.05) is 18.6 Å². The zero-order chi connectivity index (χ0) is 13.3. The summed E-state index contributed by atoms with van der Waals surface area (Å²) in [5.74, 6) is -0.0802. The third-order valence-corrected chi connectivity index (χ3v) is 5.91. The molecule has 1 aliphatic rings. The number of rotatable bonds is 2. The van der Waals surface area contributed by atoms with Gasteiger partial charge in [0.05, 0.1) is 11.0 Å². The summed E-state index contributed by atoms with van der Waals surface area (Å²) in [7, 11) is -3.11. The summed E-state index contributed by atoms with van der Waals surface area (Å²) in [4.78, 5) is 0. The quantitative estimate of drug-likeness (QED) is 0.896. The van der Waals surface area contributed by atoms with Crippen LogP contribution in [-0.4, -0.2) is 19.4 Å². The highest BCUT2D eigenvalue weighted by atomic mass is 32.2. The van der Waals surface area contributed by atoms with E-state index in [1.807, 2.05) is 0 Å². The summed E-state index contributed by atoms with van der Waals surface area (Å²) in [5, 5.41) is -0.531. The summed E-state index contributed by atoms with van der Waals surface area (Å²) < 4.78 is 37.2. The second-order valence-corrected chi connectivity index (χ2v) is 7.28. The maximum absolute atomic E-state index is 13.2. The van der Waals surface area contributed by atoms with Crippen LogP contribution in [0.4, 0.5) is 4.39 Å². The largest absolute Gasteiger partial charge is 0.323 e. The molecule has 1 saturated heterocycles. The molecule has 0 saturated carbocycles. The van der Waals surface area contributed by atoms with Crippen LogP contribution in [0, 0.1) is 12.7 Å². The molecule has 1 heterocycles. The van der Waals surface area contributed by atoms with Crippen LogP contribution in [0.1, 0.15) is 36.4 Å². The molecule has 2 N–H and O–H groups in total. The molecular weight excluding hydrogens is 253 g/mol. The van der Waals surface area contributed by atoms with Gasteiger partial charge in [0, 0.05) is 6.04 Å². The minimum Gasteiger partial charge on any atom is -0.323 e. The summed E-state index contributed by atoms with van der Waals surface area (Å²) in [6.45, 7) is 1.65. The van der Waals surface area contributed by atoms with E-state index in [0.29, 0.717) is 24.0 Å². The SMILES string of the molecule is Cc1cc(C(N)C2CCCCS2(=O)=O)ccc1F. The Balaban J connectivity index is 2.30. The first-order valence-electron chi connectivity index (χ1n) is 6.15. The highest BCUT2D eigenvalue weighted by Crippen LogP contribution is 2.29. The average Bonchev–Trinajstić information content (AvgIpc) is 2.31. The van der Waals surface area contributed by atoms with Crippen LogP contribution in [-0.2, 0) is 9.84 Å². The summed E-state index contributed by atoms with van der Waals surface area (Å²) in [6, 6.07) is 4.01. The number of nitrogens with two attached hydrogens (primary N) is 1. The van der Waals surface area contributed by atoms with Crippen LogP contribution < -0.4 is 5.73 Å². The van der Waals surface area contributed by atoms with Crippen molar-refractivity contribution in [1.82, 2.24) is 0 Å². The molecule has 1 aromatic rings. The van der Waals surface area contributed by atoms with E-state index in [2.05, 4.69) is 0 Å². The van der Waals surface area contributed by atoms with Crippen LogP contribution in [0.2, 0.25) is 0 Å². The maximum Gasteiger partial charge on any atom is 0.155 e. The molecule has 0 amide bonds.